The highest BCUT2D eigenvalue weighted by atomic mass is 28.3. The van der Waals surface area contributed by atoms with Gasteiger partial charge >= 0.3 is 6.09 Å². The van der Waals surface area contributed by atoms with Gasteiger partial charge in [0, 0.05) is 14.7 Å². The third-order valence-corrected chi connectivity index (χ3v) is 9.57. The number of imide groups is 1. The van der Waals surface area contributed by atoms with Crippen LogP contribution in [0.2, 0.25) is 25.7 Å². The summed E-state index contributed by atoms with van der Waals surface area (Å²) in [6.45, 7) is 12.2. The molecule has 2 amide bonds. The third kappa shape index (κ3) is 13.2. The van der Waals surface area contributed by atoms with Gasteiger partial charge in [0.05, 0.1) is 18.6 Å². The van der Waals surface area contributed by atoms with Crippen LogP contribution in [0.1, 0.15) is 109 Å². The summed E-state index contributed by atoms with van der Waals surface area (Å²) in [7, 11) is -1.21. The number of carbonyl (C=O) groups excluding carboxylic acids is 2. The Hall–Kier alpha value is -1.92. The molecule has 0 aromatic heterocycles. The van der Waals surface area contributed by atoms with Crippen LogP contribution in [0.15, 0.2) is 42.5 Å². The van der Waals surface area contributed by atoms with E-state index in [1.165, 1.54) is 56.3 Å². The van der Waals surface area contributed by atoms with Gasteiger partial charge < -0.3 is 9.47 Å². The first kappa shape index (κ1) is 34.3. The summed E-state index contributed by atoms with van der Waals surface area (Å²) in [5.41, 5.74) is 0.919. The number of unbranched alkanes of at least 4 members (excludes halogenated alkanes) is 10. The lowest BCUT2D eigenvalue weighted by Gasteiger charge is -2.25. The average Bonchev–Trinajstić information content (AvgIpc) is 3.23. The number of hydrogen-bond donors (Lipinski definition) is 0. The molecule has 2 rings (SSSR count). The Morgan fingerprint density at radius 3 is 2.17 bits per heavy atom. The van der Waals surface area contributed by atoms with Gasteiger partial charge in [-0.15, -0.1) is 0 Å². The molecule has 1 aromatic carbocycles. The molecular formula is C34H57NO4Si. The van der Waals surface area contributed by atoms with Crippen molar-refractivity contribution < 1.29 is 19.1 Å². The summed E-state index contributed by atoms with van der Waals surface area (Å²) in [6.07, 6.45) is 19.3. The van der Waals surface area contributed by atoms with E-state index in [-0.39, 0.29) is 17.9 Å². The van der Waals surface area contributed by atoms with E-state index in [4.69, 9.17) is 9.47 Å². The fraction of sp³-hybridized carbons (Fsp3) is 0.706. The summed E-state index contributed by atoms with van der Waals surface area (Å²) < 4.78 is 11.7. The van der Waals surface area contributed by atoms with Crippen molar-refractivity contribution >= 4 is 20.1 Å². The number of allylic oxidation sites excluding steroid dienone is 2. The lowest BCUT2D eigenvalue weighted by Crippen LogP contribution is -2.43. The highest BCUT2D eigenvalue weighted by Gasteiger charge is 2.45. The maximum atomic E-state index is 13.6. The highest BCUT2D eigenvalue weighted by molar-refractivity contribution is 6.76. The van der Waals surface area contributed by atoms with Gasteiger partial charge in [-0.1, -0.05) is 120 Å². The minimum atomic E-state index is -1.21. The molecule has 0 spiro atoms. The van der Waals surface area contributed by atoms with Gasteiger partial charge in [0.2, 0.25) is 5.91 Å². The summed E-state index contributed by atoms with van der Waals surface area (Å²) in [4.78, 5) is 27.8. The topological polar surface area (TPSA) is 55.8 Å². The molecule has 1 aliphatic rings. The monoisotopic (exact) mass is 571 g/mol. The van der Waals surface area contributed by atoms with E-state index in [0.717, 1.165) is 43.7 Å². The zero-order chi connectivity index (χ0) is 29.2. The molecule has 0 N–H and O–H groups in total. The Morgan fingerprint density at radius 1 is 0.950 bits per heavy atom. The van der Waals surface area contributed by atoms with E-state index >= 15 is 0 Å². The third-order valence-electron chi connectivity index (χ3n) is 7.86. The predicted molar refractivity (Wildman–Crippen MR) is 169 cm³/mol. The first-order chi connectivity index (χ1) is 19.2. The molecule has 1 fully saturated rings. The van der Waals surface area contributed by atoms with Crippen LogP contribution in [0.3, 0.4) is 0 Å². The number of carbonyl (C=O) groups is 2. The number of hydrogen-bond acceptors (Lipinski definition) is 4. The van der Waals surface area contributed by atoms with Crippen molar-refractivity contribution in [3.05, 3.63) is 48.0 Å². The second kappa shape index (κ2) is 19.2. The van der Waals surface area contributed by atoms with Crippen molar-refractivity contribution in [3.63, 3.8) is 0 Å². The minimum absolute atomic E-state index is 0.151. The van der Waals surface area contributed by atoms with Crippen LogP contribution in [0.25, 0.3) is 0 Å². The van der Waals surface area contributed by atoms with Crippen molar-refractivity contribution in [1.29, 1.82) is 0 Å². The molecule has 1 aromatic rings. The van der Waals surface area contributed by atoms with Gasteiger partial charge in [0.15, 0.2) is 0 Å². The SMILES string of the molecule is CCCCCCCC/C=C\CCCCCC[C@@H](COCC[Si](C)(C)C)C(=O)N1C(=O)O[C@@H](c2ccccc2)[C@H]1C. The molecule has 6 heteroatoms. The molecule has 0 unspecified atom stereocenters. The molecule has 1 heterocycles. The van der Waals surface area contributed by atoms with Crippen molar-refractivity contribution in [3.8, 4) is 0 Å². The van der Waals surface area contributed by atoms with Crippen LogP contribution in [0.4, 0.5) is 4.79 Å². The van der Waals surface area contributed by atoms with Crippen LogP contribution in [0.5, 0.6) is 0 Å². The van der Waals surface area contributed by atoms with Crippen LogP contribution < -0.4 is 0 Å². The van der Waals surface area contributed by atoms with Gasteiger partial charge in [0.1, 0.15) is 6.10 Å². The number of rotatable bonds is 21. The first-order valence-corrected chi connectivity index (χ1v) is 19.8. The summed E-state index contributed by atoms with van der Waals surface area (Å²) in [6, 6.07) is 10.4. The van der Waals surface area contributed by atoms with E-state index in [1.807, 2.05) is 37.3 Å². The summed E-state index contributed by atoms with van der Waals surface area (Å²) in [5, 5.41) is 0. The lowest BCUT2D eigenvalue weighted by molar-refractivity contribution is -0.135. The molecule has 5 nitrogen and oxygen atoms in total. The molecule has 0 bridgehead atoms. The Labute approximate surface area is 246 Å². The first-order valence-electron chi connectivity index (χ1n) is 16.1. The molecule has 0 saturated carbocycles. The van der Waals surface area contributed by atoms with E-state index in [9.17, 15) is 9.59 Å². The number of benzene rings is 1. The molecule has 1 saturated heterocycles. The van der Waals surface area contributed by atoms with Gasteiger partial charge in [-0.3, -0.25) is 4.79 Å². The van der Waals surface area contributed by atoms with Gasteiger partial charge in [-0.05, 0) is 50.6 Å². The van der Waals surface area contributed by atoms with Crippen molar-refractivity contribution in [2.75, 3.05) is 13.2 Å². The Kier molecular flexibility index (Phi) is 16.5. The average molecular weight is 572 g/mol. The smallest absolute Gasteiger partial charge is 0.417 e. The quantitative estimate of drug-likeness (QED) is 0.0837. The molecule has 40 heavy (non-hydrogen) atoms. The van der Waals surface area contributed by atoms with Gasteiger partial charge in [-0.2, -0.15) is 0 Å². The lowest BCUT2D eigenvalue weighted by atomic mass is 9.97. The van der Waals surface area contributed by atoms with Crippen LogP contribution in [0, 0.1) is 5.92 Å². The van der Waals surface area contributed by atoms with Crippen molar-refractivity contribution in [2.45, 2.75) is 135 Å². The second-order valence-corrected chi connectivity index (χ2v) is 18.4. The number of nitrogens with zero attached hydrogens (tertiary/aromatic N) is 1. The van der Waals surface area contributed by atoms with Gasteiger partial charge in [0.25, 0.3) is 0 Å². The number of ether oxygens (including phenoxy) is 2. The Bertz CT molecular complexity index is 866. The summed E-state index contributed by atoms with van der Waals surface area (Å²) in [5.74, 6) is -0.468. The van der Waals surface area contributed by atoms with Crippen LogP contribution in [-0.4, -0.2) is 44.2 Å². The fourth-order valence-corrected chi connectivity index (χ4v) is 5.97. The molecule has 0 aliphatic carbocycles. The molecule has 3 atom stereocenters. The van der Waals surface area contributed by atoms with E-state index in [1.54, 1.807) is 0 Å². The number of amides is 2. The zero-order valence-electron chi connectivity index (χ0n) is 26.2. The minimum Gasteiger partial charge on any atom is -0.439 e. The fourth-order valence-electron chi connectivity index (χ4n) is 5.21. The van der Waals surface area contributed by atoms with Crippen LogP contribution in [-0.2, 0) is 14.3 Å². The summed E-state index contributed by atoms with van der Waals surface area (Å²) >= 11 is 0. The largest absolute Gasteiger partial charge is 0.439 e. The normalized spacial score (nSPS) is 18.4. The van der Waals surface area contributed by atoms with Crippen molar-refractivity contribution in [2.24, 2.45) is 5.92 Å². The van der Waals surface area contributed by atoms with Crippen LogP contribution >= 0.6 is 0 Å². The maximum absolute atomic E-state index is 13.6. The van der Waals surface area contributed by atoms with E-state index in [0.29, 0.717) is 13.2 Å². The molecule has 226 valence electrons. The van der Waals surface area contributed by atoms with E-state index in [2.05, 4.69) is 38.7 Å². The van der Waals surface area contributed by atoms with Crippen molar-refractivity contribution in [1.82, 2.24) is 4.90 Å². The second-order valence-electron chi connectivity index (χ2n) is 12.8. The molecule has 1 aliphatic heterocycles. The molecule has 0 radical (unpaired) electrons. The van der Waals surface area contributed by atoms with Gasteiger partial charge in [-0.25, -0.2) is 9.69 Å². The van der Waals surface area contributed by atoms with E-state index < -0.39 is 20.3 Å². The Morgan fingerprint density at radius 2 is 1.55 bits per heavy atom. The molecular weight excluding hydrogens is 514 g/mol. The zero-order valence-corrected chi connectivity index (χ0v) is 27.2. The Balaban J connectivity index is 1.79. The maximum Gasteiger partial charge on any atom is 0.417 e. The standard InChI is InChI=1S/C34H57NO4Si/c1-6-7-8-9-10-11-12-13-14-15-16-17-18-20-25-31(28-38-26-27-40(3,4)5)33(36)35-29(2)32(39-34(35)37)30-23-21-19-22-24-30/h13-14,19,21-24,29,31-32H,6-12,15-18,20,25-28H2,1-5H3/b14-13-/t29-,31+,32-/m1/s1. The number of cyclic esters (lactones) is 1. The predicted octanol–water partition coefficient (Wildman–Crippen LogP) is 9.71. The highest BCUT2D eigenvalue weighted by Crippen LogP contribution is 2.34.